The first kappa shape index (κ1) is 31.7. The summed E-state index contributed by atoms with van der Waals surface area (Å²) in [4.78, 5) is 10.1. The molecule has 256 valence electrons. The van der Waals surface area contributed by atoms with Gasteiger partial charge in [-0.15, -0.1) is 0 Å². The lowest BCUT2D eigenvalue weighted by Gasteiger charge is -2.16. The van der Waals surface area contributed by atoms with Crippen molar-refractivity contribution in [3.63, 3.8) is 0 Å². The van der Waals surface area contributed by atoms with Gasteiger partial charge in [-0.25, -0.2) is 4.98 Å². The largest absolute Gasteiger partial charge is 0.309 e. The van der Waals surface area contributed by atoms with Gasteiger partial charge < -0.3 is 4.57 Å². The summed E-state index contributed by atoms with van der Waals surface area (Å²) in [6.07, 6.45) is 3.95. The quantitative estimate of drug-likeness (QED) is 0.174. The molecule has 10 rings (SSSR count). The lowest BCUT2D eigenvalue weighted by molar-refractivity contribution is 1.10. The van der Waals surface area contributed by atoms with E-state index in [2.05, 4.69) is 193 Å². The van der Waals surface area contributed by atoms with E-state index in [4.69, 9.17) is 9.97 Å². The van der Waals surface area contributed by atoms with Gasteiger partial charge in [0, 0.05) is 51.2 Å². The van der Waals surface area contributed by atoms with E-state index in [0.29, 0.717) is 0 Å². The third kappa shape index (κ3) is 5.31. The zero-order chi connectivity index (χ0) is 36.2. The molecule has 4 nitrogen and oxygen atoms in total. The Morgan fingerprint density at radius 1 is 0.389 bits per heavy atom. The van der Waals surface area contributed by atoms with Crippen LogP contribution in [0.15, 0.2) is 182 Å². The standard InChI is InChI=1S/C50H36N4/c1-33-14-12-15-34(2)49(33)37-26-36(27-38(28-37)50-52-45-22-8-11-25-48(45)54(50)41-17-4-3-5-18-41)40-29-39(31-51-32-40)35-16-13-19-42(30-35)53-46-23-9-6-20-43(46)44-21-7-10-24-47(44)53/h3-32H,1-2H3. The molecule has 0 amide bonds. The van der Waals surface area contributed by atoms with Gasteiger partial charge in [-0.3, -0.25) is 9.55 Å². The van der Waals surface area contributed by atoms with Gasteiger partial charge in [0.2, 0.25) is 0 Å². The molecular formula is C50H36N4. The van der Waals surface area contributed by atoms with E-state index in [1.54, 1.807) is 0 Å². The van der Waals surface area contributed by atoms with Crippen molar-refractivity contribution in [2.45, 2.75) is 13.8 Å². The summed E-state index contributed by atoms with van der Waals surface area (Å²) in [5.74, 6) is 0.903. The molecule has 0 spiro atoms. The molecule has 7 aromatic carbocycles. The third-order valence-electron chi connectivity index (χ3n) is 10.6. The number of nitrogens with zero attached hydrogens (tertiary/aromatic N) is 4. The zero-order valence-corrected chi connectivity index (χ0v) is 30.1. The Labute approximate surface area is 314 Å². The molecule has 0 unspecified atom stereocenters. The first-order valence-electron chi connectivity index (χ1n) is 18.4. The number of hydrogen-bond acceptors (Lipinski definition) is 2. The van der Waals surface area contributed by atoms with Crippen molar-refractivity contribution in [2.24, 2.45) is 0 Å². The first-order chi connectivity index (χ1) is 26.6. The smallest absolute Gasteiger partial charge is 0.145 e. The average molecular weight is 693 g/mol. The summed E-state index contributed by atoms with van der Waals surface area (Å²) in [6.45, 7) is 4.39. The average Bonchev–Trinajstić information content (AvgIpc) is 3.78. The van der Waals surface area contributed by atoms with Crippen LogP contribution in [0, 0.1) is 13.8 Å². The summed E-state index contributed by atoms with van der Waals surface area (Å²) >= 11 is 0. The Morgan fingerprint density at radius 3 is 1.69 bits per heavy atom. The molecule has 0 aliphatic heterocycles. The molecule has 0 saturated heterocycles. The number of pyridine rings is 1. The molecule has 0 atom stereocenters. The lowest BCUT2D eigenvalue weighted by atomic mass is 9.91. The van der Waals surface area contributed by atoms with E-state index < -0.39 is 0 Å². The predicted octanol–water partition coefficient (Wildman–Crippen LogP) is 12.8. The summed E-state index contributed by atoms with van der Waals surface area (Å²) in [5, 5.41) is 2.50. The summed E-state index contributed by atoms with van der Waals surface area (Å²) in [5.41, 5.74) is 16.8. The highest BCUT2D eigenvalue weighted by molar-refractivity contribution is 6.09. The van der Waals surface area contributed by atoms with Crippen LogP contribution in [0.5, 0.6) is 0 Å². The first-order valence-corrected chi connectivity index (χ1v) is 18.4. The molecule has 3 heterocycles. The van der Waals surface area contributed by atoms with Crippen molar-refractivity contribution in [1.82, 2.24) is 19.1 Å². The number of hydrogen-bond donors (Lipinski definition) is 0. The number of imidazole rings is 1. The molecule has 3 aromatic heterocycles. The Hall–Kier alpha value is -7.04. The Morgan fingerprint density at radius 2 is 0.944 bits per heavy atom. The molecule has 0 aliphatic carbocycles. The highest BCUT2D eigenvalue weighted by Crippen LogP contribution is 2.39. The SMILES string of the molecule is Cc1cccc(C)c1-c1cc(-c2cncc(-c3cccc(-n4c5ccccc5c5ccccc54)c3)c2)cc(-c2nc3ccccc3n2-c2ccccc2)c1. The highest BCUT2D eigenvalue weighted by atomic mass is 15.1. The highest BCUT2D eigenvalue weighted by Gasteiger charge is 2.18. The number of rotatable bonds is 6. The zero-order valence-electron chi connectivity index (χ0n) is 30.1. The number of fused-ring (bicyclic) bond motifs is 4. The Kier molecular flexibility index (Phi) is 7.55. The molecule has 54 heavy (non-hydrogen) atoms. The van der Waals surface area contributed by atoms with Crippen LogP contribution >= 0.6 is 0 Å². The maximum Gasteiger partial charge on any atom is 0.145 e. The molecule has 0 saturated carbocycles. The predicted molar refractivity (Wildman–Crippen MR) is 224 cm³/mol. The summed E-state index contributed by atoms with van der Waals surface area (Å²) in [7, 11) is 0. The number of benzene rings is 7. The van der Waals surface area contributed by atoms with Crippen LogP contribution in [-0.4, -0.2) is 19.1 Å². The van der Waals surface area contributed by atoms with Gasteiger partial charge in [0.25, 0.3) is 0 Å². The fraction of sp³-hybridized carbons (Fsp3) is 0.0400. The summed E-state index contributed by atoms with van der Waals surface area (Å²) < 4.78 is 4.64. The normalized spacial score (nSPS) is 11.5. The van der Waals surface area contributed by atoms with Crippen LogP contribution in [0.2, 0.25) is 0 Å². The van der Waals surface area contributed by atoms with Crippen molar-refractivity contribution in [3.05, 3.63) is 193 Å². The van der Waals surface area contributed by atoms with Crippen LogP contribution in [0.4, 0.5) is 0 Å². The van der Waals surface area contributed by atoms with Crippen molar-refractivity contribution in [1.29, 1.82) is 0 Å². The topological polar surface area (TPSA) is 35.6 Å². The molecule has 0 aliphatic rings. The van der Waals surface area contributed by atoms with Gasteiger partial charge in [-0.2, -0.15) is 0 Å². The van der Waals surface area contributed by atoms with Crippen molar-refractivity contribution < 1.29 is 0 Å². The lowest BCUT2D eigenvalue weighted by Crippen LogP contribution is -1.98. The third-order valence-corrected chi connectivity index (χ3v) is 10.6. The molecule has 0 N–H and O–H groups in total. The van der Waals surface area contributed by atoms with Crippen molar-refractivity contribution in [3.8, 4) is 56.1 Å². The van der Waals surface area contributed by atoms with Crippen LogP contribution in [0.3, 0.4) is 0 Å². The minimum Gasteiger partial charge on any atom is -0.309 e. The van der Waals surface area contributed by atoms with Crippen LogP contribution in [0.1, 0.15) is 11.1 Å². The Bertz CT molecular complexity index is 2950. The minimum absolute atomic E-state index is 0.903. The van der Waals surface area contributed by atoms with E-state index in [1.165, 1.54) is 38.5 Å². The van der Waals surface area contributed by atoms with Gasteiger partial charge in [-0.1, -0.05) is 97.1 Å². The summed E-state index contributed by atoms with van der Waals surface area (Å²) in [6, 6.07) is 60.7. The number of aryl methyl sites for hydroxylation is 2. The second kappa shape index (κ2) is 12.9. The monoisotopic (exact) mass is 692 g/mol. The van der Waals surface area contributed by atoms with E-state index in [0.717, 1.165) is 61.6 Å². The molecule has 0 radical (unpaired) electrons. The van der Waals surface area contributed by atoms with Gasteiger partial charge in [0.05, 0.1) is 22.1 Å². The molecule has 0 bridgehead atoms. The van der Waals surface area contributed by atoms with Crippen LogP contribution < -0.4 is 0 Å². The van der Waals surface area contributed by atoms with Gasteiger partial charge >= 0.3 is 0 Å². The van der Waals surface area contributed by atoms with E-state index in [9.17, 15) is 0 Å². The van der Waals surface area contributed by atoms with Gasteiger partial charge in [0.15, 0.2) is 0 Å². The molecule has 0 fully saturated rings. The van der Waals surface area contributed by atoms with E-state index in [1.807, 2.05) is 12.4 Å². The van der Waals surface area contributed by atoms with Crippen LogP contribution in [-0.2, 0) is 0 Å². The number of aromatic nitrogens is 4. The Balaban J connectivity index is 1.15. The maximum absolute atomic E-state index is 5.26. The van der Waals surface area contributed by atoms with Crippen LogP contribution in [0.25, 0.3) is 89.0 Å². The van der Waals surface area contributed by atoms with Crippen molar-refractivity contribution >= 4 is 32.8 Å². The van der Waals surface area contributed by atoms with E-state index in [-0.39, 0.29) is 0 Å². The minimum atomic E-state index is 0.903. The fourth-order valence-electron chi connectivity index (χ4n) is 8.18. The van der Waals surface area contributed by atoms with Gasteiger partial charge in [-0.05, 0) is 120 Å². The maximum atomic E-state index is 5.26. The number of para-hydroxylation sites is 5. The second-order valence-electron chi connectivity index (χ2n) is 14.0. The van der Waals surface area contributed by atoms with Gasteiger partial charge in [0.1, 0.15) is 5.82 Å². The molecule has 4 heteroatoms. The van der Waals surface area contributed by atoms with E-state index >= 15 is 0 Å². The molecular weight excluding hydrogens is 657 g/mol. The van der Waals surface area contributed by atoms with Crippen molar-refractivity contribution in [2.75, 3.05) is 0 Å². The fourth-order valence-corrected chi connectivity index (χ4v) is 8.18. The second-order valence-corrected chi connectivity index (χ2v) is 14.0. The molecule has 10 aromatic rings.